The molecule has 0 aliphatic heterocycles. The molecule has 0 atom stereocenters. The summed E-state index contributed by atoms with van der Waals surface area (Å²) in [5.41, 5.74) is 1.94. The summed E-state index contributed by atoms with van der Waals surface area (Å²) in [4.78, 5) is 12.0. The van der Waals surface area contributed by atoms with Gasteiger partial charge in [-0.05, 0) is 52.7 Å². The van der Waals surface area contributed by atoms with Crippen LogP contribution >= 0.6 is 15.9 Å². The Hall–Kier alpha value is -1.68. The Morgan fingerprint density at radius 3 is 2.67 bits per heavy atom. The Kier molecular flexibility index (Phi) is 3.77. The first kappa shape index (κ1) is 12.8. The van der Waals surface area contributed by atoms with Crippen molar-refractivity contribution < 1.29 is 9.18 Å². The van der Waals surface area contributed by atoms with Gasteiger partial charge in [0.05, 0.1) is 5.56 Å². The van der Waals surface area contributed by atoms with E-state index in [0.29, 0.717) is 11.3 Å². The number of amides is 1. The van der Waals surface area contributed by atoms with Crippen molar-refractivity contribution in [2.45, 2.75) is 6.92 Å². The minimum atomic E-state index is -0.379. The number of benzene rings is 2. The molecule has 0 radical (unpaired) electrons. The second-order valence-corrected chi connectivity index (χ2v) is 4.69. The SMILES string of the molecule is Cc1cccc(C(=O)Nc2cccc(F)c2)c1Br. The highest BCUT2D eigenvalue weighted by Gasteiger charge is 2.11. The summed E-state index contributed by atoms with van der Waals surface area (Å²) in [5.74, 6) is -0.646. The predicted molar refractivity (Wildman–Crippen MR) is 73.2 cm³/mol. The molecule has 2 rings (SSSR count). The van der Waals surface area contributed by atoms with Crippen molar-refractivity contribution in [2.24, 2.45) is 0 Å². The molecule has 0 unspecified atom stereocenters. The van der Waals surface area contributed by atoms with E-state index in [4.69, 9.17) is 0 Å². The molecule has 0 saturated carbocycles. The maximum absolute atomic E-state index is 13.0. The maximum Gasteiger partial charge on any atom is 0.256 e. The van der Waals surface area contributed by atoms with Crippen molar-refractivity contribution in [3.63, 3.8) is 0 Å². The first-order valence-electron chi connectivity index (χ1n) is 5.40. The second-order valence-electron chi connectivity index (χ2n) is 3.90. The molecule has 0 saturated heterocycles. The van der Waals surface area contributed by atoms with E-state index < -0.39 is 0 Å². The maximum atomic E-state index is 13.0. The lowest BCUT2D eigenvalue weighted by Gasteiger charge is -2.08. The standard InChI is InChI=1S/C14H11BrFNO/c1-9-4-2-7-12(13(9)15)14(18)17-11-6-3-5-10(16)8-11/h2-8H,1H3,(H,17,18). The van der Waals surface area contributed by atoms with Crippen molar-refractivity contribution in [1.82, 2.24) is 0 Å². The normalized spacial score (nSPS) is 10.2. The third kappa shape index (κ3) is 2.76. The molecular weight excluding hydrogens is 297 g/mol. The molecule has 1 amide bonds. The fourth-order valence-electron chi connectivity index (χ4n) is 1.59. The van der Waals surface area contributed by atoms with E-state index in [1.165, 1.54) is 12.1 Å². The van der Waals surface area contributed by atoms with E-state index in [1.54, 1.807) is 24.3 Å². The molecule has 18 heavy (non-hydrogen) atoms. The van der Waals surface area contributed by atoms with Gasteiger partial charge in [0.2, 0.25) is 0 Å². The van der Waals surface area contributed by atoms with Gasteiger partial charge < -0.3 is 5.32 Å². The smallest absolute Gasteiger partial charge is 0.256 e. The molecule has 0 spiro atoms. The number of rotatable bonds is 2. The van der Waals surface area contributed by atoms with Crippen molar-refractivity contribution in [1.29, 1.82) is 0 Å². The average molecular weight is 308 g/mol. The topological polar surface area (TPSA) is 29.1 Å². The molecule has 1 N–H and O–H groups in total. The zero-order valence-electron chi connectivity index (χ0n) is 9.71. The number of hydrogen-bond donors (Lipinski definition) is 1. The van der Waals surface area contributed by atoms with Crippen molar-refractivity contribution in [3.05, 3.63) is 63.9 Å². The summed E-state index contributed by atoms with van der Waals surface area (Å²) in [5, 5.41) is 2.66. The summed E-state index contributed by atoms with van der Waals surface area (Å²) < 4.78 is 13.8. The molecule has 0 aliphatic carbocycles. The van der Waals surface area contributed by atoms with Crippen LogP contribution in [0.25, 0.3) is 0 Å². The van der Waals surface area contributed by atoms with E-state index in [9.17, 15) is 9.18 Å². The number of carbonyl (C=O) groups excluding carboxylic acids is 1. The Labute approximate surface area is 113 Å². The van der Waals surface area contributed by atoms with Gasteiger partial charge in [-0.15, -0.1) is 0 Å². The third-order valence-corrected chi connectivity index (χ3v) is 3.57. The van der Waals surface area contributed by atoms with Crippen LogP contribution in [0.5, 0.6) is 0 Å². The Morgan fingerprint density at radius 2 is 1.94 bits per heavy atom. The van der Waals surface area contributed by atoms with Crippen LogP contribution < -0.4 is 5.32 Å². The monoisotopic (exact) mass is 307 g/mol. The van der Waals surface area contributed by atoms with Crippen molar-refractivity contribution in [2.75, 3.05) is 5.32 Å². The van der Waals surface area contributed by atoms with Gasteiger partial charge in [-0.1, -0.05) is 18.2 Å². The summed E-state index contributed by atoms with van der Waals surface area (Å²) in [6.07, 6.45) is 0. The highest BCUT2D eigenvalue weighted by molar-refractivity contribution is 9.10. The van der Waals surface area contributed by atoms with Gasteiger partial charge in [0, 0.05) is 10.2 Å². The molecule has 2 aromatic carbocycles. The van der Waals surface area contributed by atoms with Crippen molar-refractivity contribution in [3.8, 4) is 0 Å². The number of anilines is 1. The summed E-state index contributed by atoms with van der Waals surface area (Å²) >= 11 is 3.37. The van der Waals surface area contributed by atoms with Crippen LogP contribution in [-0.2, 0) is 0 Å². The molecule has 4 heteroatoms. The number of carbonyl (C=O) groups is 1. The zero-order chi connectivity index (χ0) is 13.1. The summed E-state index contributed by atoms with van der Waals surface area (Å²) in [7, 11) is 0. The first-order valence-corrected chi connectivity index (χ1v) is 6.19. The van der Waals surface area contributed by atoms with E-state index in [2.05, 4.69) is 21.2 Å². The number of halogens is 2. The van der Waals surface area contributed by atoms with Crippen LogP contribution in [0.15, 0.2) is 46.9 Å². The van der Waals surface area contributed by atoms with E-state index in [-0.39, 0.29) is 11.7 Å². The second kappa shape index (κ2) is 5.31. The minimum absolute atomic E-state index is 0.267. The van der Waals surface area contributed by atoms with Crippen LogP contribution in [-0.4, -0.2) is 5.91 Å². The summed E-state index contributed by atoms with van der Waals surface area (Å²) in [6.45, 7) is 1.91. The fourth-order valence-corrected chi connectivity index (χ4v) is 2.03. The first-order chi connectivity index (χ1) is 8.58. The largest absolute Gasteiger partial charge is 0.322 e. The minimum Gasteiger partial charge on any atom is -0.322 e. The molecular formula is C14H11BrFNO. The molecule has 0 fully saturated rings. The molecule has 0 aliphatic rings. The van der Waals surface area contributed by atoms with Gasteiger partial charge in [-0.25, -0.2) is 4.39 Å². The van der Waals surface area contributed by atoms with Crippen LogP contribution in [0.2, 0.25) is 0 Å². The van der Waals surface area contributed by atoms with Gasteiger partial charge in [-0.3, -0.25) is 4.79 Å². The lowest BCUT2D eigenvalue weighted by Crippen LogP contribution is -2.13. The van der Waals surface area contributed by atoms with Crippen LogP contribution in [0, 0.1) is 12.7 Å². The highest BCUT2D eigenvalue weighted by Crippen LogP contribution is 2.22. The quantitative estimate of drug-likeness (QED) is 0.887. The van der Waals surface area contributed by atoms with E-state index >= 15 is 0 Å². The van der Waals surface area contributed by atoms with E-state index in [1.807, 2.05) is 13.0 Å². The zero-order valence-corrected chi connectivity index (χ0v) is 11.3. The number of hydrogen-bond acceptors (Lipinski definition) is 1. The van der Waals surface area contributed by atoms with Crippen LogP contribution in [0.4, 0.5) is 10.1 Å². The van der Waals surface area contributed by atoms with Gasteiger partial charge in [0.15, 0.2) is 0 Å². The predicted octanol–water partition coefficient (Wildman–Crippen LogP) is 4.15. The number of nitrogens with one attached hydrogen (secondary N) is 1. The van der Waals surface area contributed by atoms with Gasteiger partial charge >= 0.3 is 0 Å². The van der Waals surface area contributed by atoms with Gasteiger partial charge in [0.1, 0.15) is 5.82 Å². The van der Waals surface area contributed by atoms with Gasteiger partial charge in [-0.2, -0.15) is 0 Å². The molecule has 2 nitrogen and oxygen atoms in total. The van der Waals surface area contributed by atoms with Crippen LogP contribution in [0.1, 0.15) is 15.9 Å². The fraction of sp³-hybridized carbons (Fsp3) is 0.0714. The Bertz CT molecular complexity index is 598. The molecule has 0 bridgehead atoms. The van der Waals surface area contributed by atoms with Gasteiger partial charge in [0.25, 0.3) is 5.91 Å². The lowest BCUT2D eigenvalue weighted by atomic mass is 10.1. The molecule has 92 valence electrons. The Balaban J connectivity index is 2.25. The highest BCUT2D eigenvalue weighted by atomic mass is 79.9. The molecule has 0 heterocycles. The molecule has 0 aromatic heterocycles. The van der Waals surface area contributed by atoms with Crippen LogP contribution in [0.3, 0.4) is 0 Å². The lowest BCUT2D eigenvalue weighted by molar-refractivity contribution is 0.102. The average Bonchev–Trinajstić information content (AvgIpc) is 2.32. The van der Waals surface area contributed by atoms with Crippen molar-refractivity contribution >= 4 is 27.5 Å². The summed E-state index contributed by atoms with van der Waals surface area (Å²) in [6, 6.07) is 11.2. The third-order valence-electron chi connectivity index (χ3n) is 2.52. The number of aryl methyl sites for hydroxylation is 1. The molecule has 2 aromatic rings. The van der Waals surface area contributed by atoms with E-state index in [0.717, 1.165) is 10.0 Å². The Morgan fingerprint density at radius 1 is 1.22 bits per heavy atom.